The Morgan fingerprint density at radius 2 is 0.944 bits per heavy atom. The highest BCUT2D eigenvalue weighted by molar-refractivity contribution is 7.75. The molecular formula is C16H36ClP. The zero-order chi connectivity index (χ0) is 13.0. The molecule has 0 aromatic heterocycles. The highest BCUT2D eigenvalue weighted by Crippen LogP contribution is 2.59. The summed E-state index contributed by atoms with van der Waals surface area (Å²) in [5, 5.41) is 0. The Kier molecular flexibility index (Phi) is 16.5. The number of hydrogen-bond donors (Lipinski definition) is 0. The summed E-state index contributed by atoms with van der Waals surface area (Å²) < 4.78 is 0. The van der Waals surface area contributed by atoms with Gasteiger partial charge in [0.15, 0.2) is 0 Å². The van der Waals surface area contributed by atoms with Gasteiger partial charge in [0.05, 0.1) is 24.6 Å². The molecule has 0 aliphatic carbocycles. The number of halogens is 1. The number of rotatable bonds is 12. The van der Waals surface area contributed by atoms with Crippen molar-refractivity contribution in [1.82, 2.24) is 0 Å². The van der Waals surface area contributed by atoms with Crippen molar-refractivity contribution in [2.24, 2.45) is 0 Å². The van der Waals surface area contributed by atoms with Gasteiger partial charge in [-0.1, -0.05) is 39.5 Å². The molecule has 0 atom stereocenters. The van der Waals surface area contributed by atoms with Crippen LogP contribution in [-0.4, -0.2) is 24.6 Å². The van der Waals surface area contributed by atoms with Crippen LogP contribution < -0.4 is 12.4 Å². The first-order chi connectivity index (χ1) is 8.24. The SMILES string of the molecule is CCCCCC[P+](CC)(CC)CCCCCC.[Cl-]. The molecule has 0 unspecified atom stereocenters. The topological polar surface area (TPSA) is 0 Å². The summed E-state index contributed by atoms with van der Waals surface area (Å²) in [5.41, 5.74) is 0. The van der Waals surface area contributed by atoms with Crippen LogP contribution in [-0.2, 0) is 0 Å². The van der Waals surface area contributed by atoms with E-state index in [4.69, 9.17) is 0 Å². The Hall–Kier alpha value is 0.720. The quantitative estimate of drug-likeness (QED) is 0.383. The summed E-state index contributed by atoms with van der Waals surface area (Å²) in [6.07, 6.45) is 17.8. The molecule has 0 saturated heterocycles. The van der Waals surface area contributed by atoms with Gasteiger partial charge in [-0.2, -0.15) is 0 Å². The maximum atomic E-state index is 2.46. The Morgan fingerprint density at radius 3 is 1.22 bits per heavy atom. The summed E-state index contributed by atoms with van der Waals surface area (Å²) in [6.45, 7) is 9.54. The van der Waals surface area contributed by atoms with Crippen molar-refractivity contribution in [2.75, 3.05) is 24.6 Å². The van der Waals surface area contributed by atoms with E-state index in [1.165, 1.54) is 63.7 Å². The van der Waals surface area contributed by atoms with E-state index in [0.29, 0.717) is 0 Å². The molecular weight excluding hydrogens is 259 g/mol. The maximum Gasteiger partial charge on any atom is 0.0594 e. The minimum Gasteiger partial charge on any atom is -1.00 e. The lowest BCUT2D eigenvalue weighted by Crippen LogP contribution is -3.00. The van der Waals surface area contributed by atoms with Crippen molar-refractivity contribution in [3.8, 4) is 0 Å². The number of unbranched alkanes of at least 4 members (excludes halogenated alkanes) is 6. The molecule has 0 aromatic rings. The minimum atomic E-state index is -0.538. The van der Waals surface area contributed by atoms with Crippen LogP contribution in [0.5, 0.6) is 0 Å². The molecule has 0 heterocycles. The van der Waals surface area contributed by atoms with Crippen LogP contribution in [0.1, 0.15) is 79.1 Å². The molecule has 0 aliphatic heterocycles. The first-order valence-electron chi connectivity index (χ1n) is 8.09. The van der Waals surface area contributed by atoms with Gasteiger partial charge in [-0.25, -0.2) is 0 Å². The van der Waals surface area contributed by atoms with Crippen LogP contribution in [0.3, 0.4) is 0 Å². The first-order valence-corrected chi connectivity index (χ1v) is 10.6. The van der Waals surface area contributed by atoms with Crippen LogP contribution in [0.2, 0.25) is 0 Å². The van der Waals surface area contributed by atoms with Crippen molar-refractivity contribution in [1.29, 1.82) is 0 Å². The molecule has 0 spiro atoms. The van der Waals surface area contributed by atoms with E-state index in [0.717, 1.165) is 0 Å². The second-order valence-electron chi connectivity index (χ2n) is 5.54. The standard InChI is InChI=1S/C16H36P.ClH/c1-5-9-11-13-15-17(7-3,8-4)16-14-12-10-6-2;/h5-16H2,1-4H3;1H/q+1;/p-1. The molecule has 0 radical (unpaired) electrons. The maximum absolute atomic E-state index is 2.46. The van der Waals surface area contributed by atoms with Crippen molar-refractivity contribution in [3.63, 3.8) is 0 Å². The summed E-state index contributed by atoms with van der Waals surface area (Å²) in [4.78, 5) is 0. The Bertz CT molecular complexity index is 141. The van der Waals surface area contributed by atoms with Crippen molar-refractivity contribution in [2.45, 2.75) is 79.1 Å². The van der Waals surface area contributed by atoms with E-state index >= 15 is 0 Å². The smallest absolute Gasteiger partial charge is 0.0594 e. The molecule has 0 rings (SSSR count). The lowest BCUT2D eigenvalue weighted by Gasteiger charge is -2.25. The normalized spacial score (nSPS) is 11.3. The van der Waals surface area contributed by atoms with E-state index in [2.05, 4.69) is 27.7 Å². The number of hydrogen-bond acceptors (Lipinski definition) is 0. The predicted octanol–water partition coefficient (Wildman–Crippen LogP) is 3.21. The molecule has 112 valence electrons. The van der Waals surface area contributed by atoms with E-state index in [1.807, 2.05) is 0 Å². The van der Waals surface area contributed by atoms with Crippen molar-refractivity contribution < 1.29 is 12.4 Å². The van der Waals surface area contributed by atoms with Crippen molar-refractivity contribution >= 4 is 7.26 Å². The van der Waals surface area contributed by atoms with E-state index in [1.54, 1.807) is 12.3 Å². The molecule has 18 heavy (non-hydrogen) atoms. The first kappa shape index (κ1) is 21.0. The zero-order valence-corrected chi connectivity index (χ0v) is 15.0. The fraction of sp³-hybridized carbons (Fsp3) is 1.00. The molecule has 0 saturated carbocycles. The summed E-state index contributed by atoms with van der Waals surface area (Å²) >= 11 is 0. The molecule has 0 fully saturated rings. The molecule has 2 heteroatoms. The molecule has 0 nitrogen and oxygen atoms in total. The highest BCUT2D eigenvalue weighted by atomic mass is 35.5. The largest absolute Gasteiger partial charge is 1.00 e. The Labute approximate surface area is 123 Å². The van der Waals surface area contributed by atoms with Gasteiger partial charge in [0.1, 0.15) is 0 Å². The third-order valence-electron chi connectivity index (χ3n) is 4.31. The van der Waals surface area contributed by atoms with Crippen LogP contribution in [0.25, 0.3) is 0 Å². The summed E-state index contributed by atoms with van der Waals surface area (Å²) in [5.74, 6) is 0. The zero-order valence-electron chi connectivity index (χ0n) is 13.3. The lowest BCUT2D eigenvalue weighted by molar-refractivity contribution is -0.00000400. The van der Waals surface area contributed by atoms with Gasteiger partial charge in [-0.15, -0.1) is 0 Å². The van der Waals surface area contributed by atoms with Gasteiger partial charge in [-0.05, 0) is 39.5 Å². The van der Waals surface area contributed by atoms with Crippen LogP contribution >= 0.6 is 7.26 Å². The second kappa shape index (κ2) is 14.1. The summed E-state index contributed by atoms with van der Waals surface area (Å²) in [6, 6.07) is 0. The third kappa shape index (κ3) is 9.62. The van der Waals surface area contributed by atoms with Gasteiger partial charge in [0.2, 0.25) is 0 Å². The van der Waals surface area contributed by atoms with E-state index in [-0.39, 0.29) is 12.4 Å². The van der Waals surface area contributed by atoms with Crippen molar-refractivity contribution in [3.05, 3.63) is 0 Å². The van der Waals surface area contributed by atoms with Crippen LogP contribution in [0.15, 0.2) is 0 Å². The molecule has 0 aliphatic rings. The van der Waals surface area contributed by atoms with Gasteiger partial charge in [0.25, 0.3) is 0 Å². The third-order valence-corrected chi connectivity index (χ3v) is 9.53. The van der Waals surface area contributed by atoms with Crippen LogP contribution in [0.4, 0.5) is 0 Å². The van der Waals surface area contributed by atoms with Gasteiger partial charge >= 0.3 is 0 Å². The van der Waals surface area contributed by atoms with E-state index in [9.17, 15) is 0 Å². The average molecular weight is 295 g/mol. The fourth-order valence-electron chi connectivity index (χ4n) is 2.72. The monoisotopic (exact) mass is 294 g/mol. The van der Waals surface area contributed by atoms with E-state index < -0.39 is 7.26 Å². The second-order valence-corrected chi connectivity index (χ2v) is 10.4. The molecule has 0 aromatic carbocycles. The molecule has 0 bridgehead atoms. The average Bonchev–Trinajstić information content (AvgIpc) is 2.37. The minimum absolute atomic E-state index is 0. The lowest BCUT2D eigenvalue weighted by atomic mass is 10.2. The highest BCUT2D eigenvalue weighted by Gasteiger charge is 2.31. The molecule has 0 N–H and O–H groups in total. The Balaban J connectivity index is 0. The van der Waals surface area contributed by atoms with Crippen LogP contribution in [0, 0.1) is 0 Å². The van der Waals surface area contributed by atoms with Gasteiger partial charge in [-0.3, -0.25) is 0 Å². The van der Waals surface area contributed by atoms with Gasteiger partial charge in [0, 0.05) is 7.26 Å². The summed E-state index contributed by atoms with van der Waals surface area (Å²) in [7, 11) is -0.538. The predicted molar refractivity (Wildman–Crippen MR) is 86.0 cm³/mol. The Morgan fingerprint density at radius 1 is 0.556 bits per heavy atom. The molecule has 0 amide bonds. The fourth-order valence-corrected chi connectivity index (χ4v) is 6.44. The van der Waals surface area contributed by atoms with Gasteiger partial charge < -0.3 is 12.4 Å².